The summed E-state index contributed by atoms with van der Waals surface area (Å²) in [5.41, 5.74) is 3.05. The molecule has 0 aliphatic carbocycles. The molecule has 0 fully saturated rings. The molecular weight excluding hydrogens is 366 g/mol. The van der Waals surface area contributed by atoms with Gasteiger partial charge in [0.2, 0.25) is 0 Å². The van der Waals surface area contributed by atoms with Gasteiger partial charge in [0.15, 0.2) is 5.82 Å². The summed E-state index contributed by atoms with van der Waals surface area (Å²) in [6.45, 7) is 6.24. The fourth-order valence-electron chi connectivity index (χ4n) is 3.27. The summed E-state index contributed by atoms with van der Waals surface area (Å²) in [5, 5.41) is 14.9. The average Bonchev–Trinajstić information content (AvgIpc) is 3.17. The molecule has 29 heavy (non-hydrogen) atoms. The van der Waals surface area contributed by atoms with Crippen molar-refractivity contribution in [2.45, 2.75) is 45.6 Å². The number of aromatic nitrogens is 3. The van der Waals surface area contributed by atoms with Crippen LogP contribution in [0.5, 0.6) is 11.5 Å². The first kappa shape index (κ1) is 20.9. The van der Waals surface area contributed by atoms with E-state index in [9.17, 15) is 5.11 Å². The molecule has 0 bridgehead atoms. The van der Waals surface area contributed by atoms with Crippen molar-refractivity contribution in [2.24, 2.45) is 0 Å². The lowest BCUT2D eigenvalue weighted by molar-refractivity contribution is 0.163. The normalized spacial score (nSPS) is 12.2. The Hall–Kier alpha value is -2.86. The Balaban J connectivity index is 2.08. The largest absolute Gasteiger partial charge is 0.496 e. The molecule has 0 spiro atoms. The van der Waals surface area contributed by atoms with Crippen LogP contribution in [0, 0.1) is 0 Å². The van der Waals surface area contributed by atoms with E-state index in [2.05, 4.69) is 36.1 Å². The van der Waals surface area contributed by atoms with Gasteiger partial charge in [-0.3, -0.25) is 0 Å². The number of nitrogens with zero attached hydrogens (tertiary/aromatic N) is 3. The number of ether oxygens (including phenoxy) is 2. The smallest absolute Gasteiger partial charge is 0.179 e. The topological polar surface area (TPSA) is 69.4 Å². The highest BCUT2D eigenvalue weighted by Crippen LogP contribution is 2.31. The predicted molar refractivity (Wildman–Crippen MR) is 113 cm³/mol. The molecular formula is C23H29N3O3. The third kappa shape index (κ3) is 4.43. The molecule has 1 N–H and O–H groups in total. The molecule has 3 aromatic rings. The Labute approximate surface area is 172 Å². The second-order valence-corrected chi connectivity index (χ2v) is 7.29. The first-order valence-electron chi connectivity index (χ1n) is 9.92. The Bertz CT molecular complexity index is 926. The van der Waals surface area contributed by atoms with Gasteiger partial charge in [-0.05, 0) is 42.2 Å². The van der Waals surface area contributed by atoms with Gasteiger partial charge in [-0.1, -0.05) is 39.0 Å². The number of aliphatic hydroxyl groups excluding tert-OH is 1. The van der Waals surface area contributed by atoms with Crippen molar-refractivity contribution in [3.05, 3.63) is 65.2 Å². The van der Waals surface area contributed by atoms with Gasteiger partial charge >= 0.3 is 0 Å². The van der Waals surface area contributed by atoms with Crippen LogP contribution < -0.4 is 9.47 Å². The summed E-state index contributed by atoms with van der Waals surface area (Å²) in [7, 11) is 3.28. The van der Waals surface area contributed by atoms with Gasteiger partial charge in [0.1, 0.15) is 23.4 Å². The fraction of sp³-hybridized carbons (Fsp3) is 0.391. The number of aliphatic hydroxyl groups is 1. The number of hydrogen-bond donors (Lipinski definition) is 1. The fourth-order valence-corrected chi connectivity index (χ4v) is 3.27. The lowest BCUT2D eigenvalue weighted by Gasteiger charge is -2.13. The van der Waals surface area contributed by atoms with E-state index in [0.717, 1.165) is 22.7 Å². The van der Waals surface area contributed by atoms with Gasteiger partial charge in [0, 0.05) is 12.0 Å². The van der Waals surface area contributed by atoms with Crippen LogP contribution in [0.3, 0.4) is 0 Å². The molecule has 0 aliphatic heterocycles. The molecule has 1 aromatic heterocycles. The number of rotatable bonds is 8. The van der Waals surface area contributed by atoms with Gasteiger partial charge in [-0.2, -0.15) is 0 Å². The van der Waals surface area contributed by atoms with Crippen molar-refractivity contribution < 1.29 is 14.6 Å². The molecule has 3 rings (SSSR count). The first-order chi connectivity index (χ1) is 14.0. The maximum Gasteiger partial charge on any atom is 0.179 e. The minimum absolute atomic E-state index is 0.421. The molecule has 0 saturated carbocycles. The SMILES string of the molecule is CCC(O)c1nc(Cc2c(OC)cccc2OC)n(-c2ccc(C(C)C)cc2)n1. The molecule has 6 heteroatoms. The lowest BCUT2D eigenvalue weighted by Crippen LogP contribution is -2.06. The summed E-state index contributed by atoms with van der Waals surface area (Å²) >= 11 is 0. The monoisotopic (exact) mass is 395 g/mol. The van der Waals surface area contributed by atoms with Gasteiger partial charge in [-0.25, -0.2) is 9.67 Å². The standard InChI is InChI=1S/C23H29N3O3/c1-6-19(27)23-24-22(14-18-20(28-4)8-7-9-21(18)29-5)26(25-23)17-12-10-16(11-13-17)15(2)3/h7-13,15,19,27H,6,14H2,1-5H3. The van der Waals surface area contributed by atoms with Crippen molar-refractivity contribution in [2.75, 3.05) is 14.2 Å². The van der Waals surface area contributed by atoms with E-state index in [4.69, 9.17) is 9.47 Å². The van der Waals surface area contributed by atoms with Crippen LogP contribution in [0.2, 0.25) is 0 Å². The highest BCUT2D eigenvalue weighted by Gasteiger charge is 2.20. The van der Waals surface area contributed by atoms with E-state index >= 15 is 0 Å². The van der Waals surface area contributed by atoms with E-state index < -0.39 is 6.10 Å². The second kappa shape index (κ2) is 9.09. The van der Waals surface area contributed by atoms with E-state index in [1.165, 1.54) is 5.56 Å². The quantitative estimate of drug-likeness (QED) is 0.610. The highest BCUT2D eigenvalue weighted by molar-refractivity contribution is 5.47. The Morgan fingerprint density at radius 2 is 1.62 bits per heavy atom. The van der Waals surface area contributed by atoms with Crippen LogP contribution in [-0.2, 0) is 6.42 Å². The number of methoxy groups -OCH3 is 2. The van der Waals surface area contributed by atoms with Crippen LogP contribution in [0.4, 0.5) is 0 Å². The molecule has 0 amide bonds. The minimum atomic E-state index is -0.704. The third-order valence-electron chi connectivity index (χ3n) is 5.04. The average molecular weight is 396 g/mol. The zero-order valence-electron chi connectivity index (χ0n) is 17.7. The van der Waals surface area contributed by atoms with Crippen LogP contribution in [0.1, 0.15) is 62.0 Å². The van der Waals surface area contributed by atoms with Crippen molar-refractivity contribution in [3.8, 4) is 17.2 Å². The maximum absolute atomic E-state index is 10.3. The molecule has 1 unspecified atom stereocenters. The summed E-state index contributed by atoms with van der Waals surface area (Å²) < 4.78 is 12.9. The number of hydrogen-bond acceptors (Lipinski definition) is 5. The number of benzene rings is 2. The lowest BCUT2D eigenvalue weighted by atomic mass is 10.0. The van der Waals surface area contributed by atoms with E-state index in [1.54, 1.807) is 18.9 Å². The molecule has 154 valence electrons. The second-order valence-electron chi connectivity index (χ2n) is 7.29. The van der Waals surface area contributed by atoms with Crippen LogP contribution in [-0.4, -0.2) is 34.1 Å². The highest BCUT2D eigenvalue weighted by atomic mass is 16.5. The molecule has 1 atom stereocenters. The molecule has 0 radical (unpaired) electrons. The van der Waals surface area contributed by atoms with Crippen LogP contribution >= 0.6 is 0 Å². The Morgan fingerprint density at radius 1 is 1.00 bits per heavy atom. The molecule has 2 aromatic carbocycles. The van der Waals surface area contributed by atoms with Crippen LogP contribution in [0.25, 0.3) is 5.69 Å². The Morgan fingerprint density at radius 3 is 2.14 bits per heavy atom. The van der Waals surface area contributed by atoms with Crippen molar-refractivity contribution >= 4 is 0 Å². The van der Waals surface area contributed by atoms with E-state index in [0.29, 0.717) is 30.4 Å². The molecule has 0 aliphatic rings. The molecule has 6 nitrogen and oxygen atoms in total. The molecule has 1 heterocycles. The summed E-state index contributed by atoms with van der Waals surface area (Å²) in [6, 6.07) is 14.0. The van der Waals surface area contributed by atoms with Gasteiger partial charge in [0.05, 0.1) is 19.9 Å². The van der Waals surface area contributed by atoms with E-state index in [-0.39, 0.29) is 0 Å². The third-order valence-corrected chi connectivity index (χ3v) is 5.04. The zero-order valence-corrected chi connectivity index (χ0v) is 17.7. The van der Waals surface area contributed by atoms with Gasteiger partial charge in [0.25, 0.3) is 0 Å². The van der Waals surface area contributed by atoms with E-state index in [1.807, 2.05) is 37.3 Å². The summed E-state index contributed by atoms with van der Waals surface area (Å²) in [6.07, 6.45) is 0.306. The minimum Gasteiger partial charge on any atom is -0.496 e. The summed E-state index contributed by atoms with van der Waals surface area (Å²) in [4.78, 5) is 4.65. The predicted octanol–water partition coefficient (Wildman–Crippen LogP) is 4.44. The van der Waals surface area contributed by atoms with Crippen molar-refractivity contribution in [3.63, 3.8) is 0 Å². The maximum atomic E-state index is 10.3. The Kier molecular flexibility index (Phi) is 6.54. The van der Waals surface area contributed by atoms with Crippen molar-refractivity contribution in [1.82, 2.24) is 14.8 Å². The zero-order chi connectivity index (χ0) is 21.0. The first-order valence-corrected chi connectivity index (χ1v) is 9.92. The van der Waals surface area contributed by atoms with Gasteiger partial charge in [-0.15, -0.1) is 5.10 Å². The summed E-state index contributed by atoms with van der Waals surface area (Å²) in [5.74, 6) is 3.05. The van der Waals surface area contributed by atoms with Gasteiger partial charge < -0.3 is 14.6 Å². The van der Waals surface area contributed by atoms with Crippen molar-refractivity contribution in [1.29, 1.82) is 0 Å². The molecule has 0 saturated heterocycles. The van der Waals surface area contributed by atoms with Crippen LogP contribution in [0.15, 0.2) is 42.5 Å².